The molecule has 0 aliphatic carbocycles. The molecule has 31 heavy (non-hydrogen) atoms. The third-order valence-electron chi connectivity index (χ3n) is 4.84. The van der Waals surface area contributed by atoms with Crippen LogP contribution in [0.15, 0.2) is 41.3 Å². The van der Waals surface area contributed by atoms with Crippen molar-refractivity contribution in [3.8, 4) is 17.2 Å². The molecule has 1 fully saturated rings. The summed E-state index contributed by atoms with van der Waals surface area (Å²) >= 11 is 12.7. The van der Waals surface area contributed by atoms with E-state index in [9.17, 15) is 4.79 Å². The number of methoxy groups -OCH3 is 1. The van der Waals surface area contributed by atoms with Crippen molar-refractivity contribution in [1.29, 1.82) is 0 Å². The molecule has 0 spiro atoms. The molecule has 0 bridgehead atoms. The zero-order valence-electron chi connectivity index (χ0n) is 17.6. The first-order valence-electron chi connectivity index (χ1n) is 9.89. The van der Waals surface area contributed by atoms with E-state index in [-0.39, 0.29) is 5.91 Å². The number of halogens is 1. The molecular formula is C23H24ClNO4S2. The third-order valence-corrected chi connectivity index (χ3v) is 6.28. The topological polar surface area (TPSA) is 56.8 Å². The molecule has 8 heteroatoms. The molecule has 1 aliphatic rings. The number of ether oxygens (including phenoxy) is 3. The number of thioether (sulfide) groups is 1. The number of benzene rings is 2. The summed E-state index contributed by atoms with van der Waals surface area (Å²) in [5.41, 5.74) is 1.90. The van der Waals surface area contributed by atoms with Crippen molar-refractivity contribution >= 4 is 51.9 Å². The first-order valence-corrected chi connectivity index (χ1v) is 11.5. The quantitative estimate of drug-likeness (QED) is 0.279. The minimum atomic E-state index is -0.222. The van der Waals surface area contributed by atoms with Gasteiger partial charge in [0.25, 0.3) is 5.91 Å². The van der Waals surface area contributed by atoms with E-state index >= 15 is 0 Å². The van der Waals surface area contributed by atoms with Gasteiger partial charge in [0, 0.05) is 0 Å². The summed E-state index contributed by atoms with van der Waals surface area (Å²) in [5, 5.41) is 2.97. The van der Waals surface area contributed by atoms with Gasteiger partial charge in [0.15, 0.2) is 11.5 Å². The third kappa shape index (κ3) is 5.93. The van der Waals surface area contributed by atoms with Gasteiger partial charge in [-0.15, -0.1) is 0 Å². The predicted octanol–water partition coefficient (Wildman–Crippen LogP) is 5.81. The Hall–Kier alpha value is -2.22. The molecule has 1 heterocycles. The second-order valence-electron chi connectivity index (χ2n) is 6.93. The van der Waals surface area contributed by atoms with E-state index < -0.39 is 0 Å². The highest BCUT2D eigenvalue weighted by Gasteiger charge is 2.22. The minimum absolute atomic E-state index is 0.222. The van der Waals surface area contributed by atoms with Crippen LogP contribution in [0, 0.1) is 0 Å². The number of thiocarbonyl (C=S) groups is 1. The highest BCUT2D eigenvalue weighted by molar-refractivity contribution is 8.26. The molecule has 3 rings (SSSR count). The lowest BCUT2D eigenvalue weighted by atomic mass is 9.98. The van der Waals surface area contributed by atoms with Gasteiger partial charge in [0.1, 0.15) is 23.3 Å². The second-order valence-corrected chi connectivity index (χ2v) is 9.06. The molecule has 5 nitrogen and oxygen atoms in total. The monoisotopic (exact) mass is 477 g/mol. The van der Waals surface area contributed by atoms with Gasteiger partial charge in [-0.3, -0.25) is 4.79 Å². The number of rotatable bonds is 9. The fraction of sp³-hybridized carbons (Fsp3) is 0.304. The van der Waals surface area contributed by atoms with Gasteiger partial charge in [-0.2, -0.15) is 0 Å². The lowest BCUT2D eigenvalue weighted by Gasteiger charge is -2.17. The number of amides is 1. The Balaban J connectivity index is 1.67. The average Bonchev–Trinajstić information content (AvgIpc) is 3.08. The molecule has 1 unspecified atom stereocenters. The Kier molecular flexibility index (Phi) is 8.23. The lowest BCUT2D eigenvalue weighted by molar-refractivity contribution is -0.115. The molecule has 2 aromatic carbocycles. The molecule has 0 saturated carbocycles. The van der Waals surface area contributed by atoms with E-state index in [2.05, 4.69) is 25.2 Å². The summed E-state index contributed by atoms with van der Waals surface area (Å²) in [4.78, 5) is 12.4. The maximum absolute atomic E-state index is 11.9. The molecular weight excluding hydrogens is 454 g/mol. The number of hydrogen-bond donors (Lipinski definition) is 1. The number of carbonyl (C=O) groups excluding carboxylic acids is 1. The van der Waals surface area contributed by atoms with Crippen LogP contribution in [0.25, 0.3) is 6.08 Å². The Morgan fingerprint density at radius 1 is 1.19 bits per heavy atom. The zero-order valence-corrected chi connectivity index (χ0v) is 20.0. The highest BCUT2D eigenvalue weighted by Crippen LogP contribution is 2.38. The van der Waals surface area contributed by atoms with Gasteiger partial charge in [0.05, 0.1) is 17.0 Å². The van der Waals surface area contributed by atoms with E-state index in [0.29, 0.717) is 44.9 Å². The van der Waals surface area contributed by atoms with Gasteiger partial charge in [-0.1, -0.05) is 67.6 Å². The van der Waals surface area contributed by atoms with Gasteiger partial charge < -0.3 is 19.5 Å². The smallest absolute Gasteiger partial charge is 0.263 e. The maximum atomic E-state index is 11.9. The number of carbonyl (C=O) groups is 1. The predicted molar refractivity (Wildman–Crippen MR) is 130 cm³/mol. The van der Waals surface area contributed by atoms with Crippen LogP contribution in [0.4, 0.5) is 0 Å². The van der Waals surface area contributed by atoms with Gasteiger partial charge in [-0.05, 0) is 47.7 Å². The second kappa shape index (κ2) is 10.9. The van der Waals surface area contributed by atoms with Crippen LogP contribution < -0.4 is 19.5 Å². The molecule has 0 aromatic heterocycles. The highest BCUT2D eigenvalue weighted by atomic mass is 35.5. The molecule has 1 atom stereocenters. The molecule has 164 valence electrons. The van der Waals surface area contributed by atoms with E-state index in [1.807, 2.05) is 18.2 Å². The summed E-state index contributed by atoms with van der Waals surface area (Å²) in [7, 11) is 1.54. The fourth-order valence-electron chi connectivity index (χ4n) is 3.07. The van der Waals surface area contributed by atoms with Crippen molar-refractivity contribution in [2.75, 3.05) is 20.3 Å². The largest absolute Gasteiger partial charge is 0.493 e. The molecule has 1 amide bonds. The summed E-state index contributed by atoms with van der Waals surface area (Å²) in [5.74, 6) is 1.98. The molecule has 2 aromatic rings. The van der Waals surface area contributed by atoms with Crippen LogP contribution in [0.5, 0.6) is 17.2 Å². The molecule has 1 aliphatic heterocycles. The van der Waals surface area contributed by atoms with E-state index in [0.717, 1.165) is 17.7 Å². The standard InChI is InChI=1S/C23H24ClNO4S2/c1-4-14(2)16-7-5-6-8-18(16)28-9-10-29-21-17(24)11-15(12-19(21)27-3)13-20-22(26)25-23(30)31-20/h5-8,11-14H,4,9-10H2,1-3H3,(H,25,26,30). The van der Waals surface area contributed by atoms with Gasteiger partial charge in [0.2, 0.25) is 0 Å². The van der Waals surface area contributed by atoms with Crippen LogP contribution in [-0.4, -0.2) is 30.6 Å². The van der Waals surface area contributed by atoms with Crippen molar-refractivity contribution in [2.24, 2.45) is 0 Å². The van der Waals surface area contributed by atoms with Gasteiger partial charge >= 0.3 is 0 Å². The number of para-hydroxylation sites is 1. The first-order chi connectivity index (χ1) is 14.9. The van der Waals surface area contributed by atoms with Crippen molar-refractivity contribution < 1.29 is 19.0 Å². The Morgan fingerprint density at radius 3 is 2.61 bits per heavy atom. The summed E-state index contributed by atoms with van der Waals surface area (Å²) in [6, 6.07) is 11.5. The van der Waals surface area contributed by atoms with E-state index in [4.69, 9.17) is 38.0 Å². The van der Waals surface area contributed by atoms with Crippen LogP contribution in [0.3, 0.4) is 0 Å². The average molecular weight is 478 g/mol. The van der Waals surface area contributed by atoms with Crippen LogP contribution in [-0.2, 0) is 4.79 Å². The fourth-order valence-corrected chi connectivity index (χ4v) is 4.39. The van der Waals surface area contributed by atoms with Gasteiger partial charge in [-0.25, -0.2) is 0 Å². The van der Waals surface area contributed by atoms with Crippen LogP contribution in [0.1, 0.15) is 37.3 Å². The Labute approximate surface area is 197 Å². The van der Waals surface area contributed by atoms with Crippen molar-refractivity contribution in [2.45, 2.75) is 26.2 Å². The molecule has 0 radical (unpaired) electrons. The van der Waals surface area contributed by atoms with Crippen molar-refractivity contribution in [3.63, 3.8) is 0 Å². The number of nitrogens with one attached hydrogen (secondary N) is 1. The van der Waals surface area contributed by atoms with Crippen LogP contribution in [0.2, 0.25) is 5.02 Å². The summed E-state index contributed by atoms with van der Waals surface area (Å²) in [6.45, 7) is 5.01. The summed E-state index contributed by atoms with van der Waals surface area (Å²) < 4.78 is 17.7. The summed E-state index contributed by atoms with van der Waals surface area (Å²) in [6.07, 6.45) is 2.75. The maximum Gasteiger partial charge on any atom is 0.263 e. The normalized spacial score (nSPS) is 15.7. The molecule has 1 N–H and O–H groups in total. The minimum Gasteiger partial charge on any atom is -0.493 e. The van der Waals surface area contributed by atoms with Crippen molar-refractivity contribution in [1.82, 2.24) is 5.32 Å². The SMILES string of the molecule is CCC(C)c1ccccc1OCCOc1c(Cl)cc(C=C2SC(=S)NC2=O)cc1OC. The van der Waals surface area contributed by atoms with Crippen LogP contribution >= 0.6 is 35.6 Å². The van der Waals surface area contributed by atoms with E-state index in [1.54, 1.807) is 25.3 Å². The zero-order chi connectivity index (χ0) is 22.4. The number of hydrogen-bond acceptors (Lipinski definition) is 6. The Bertz CT molecular complexity index is 1010. The lowest BCUT2D eigenvalue weighted by Crippen LogP contribution is -2.17. The van der Waals surface area contributed by atoms with E-state index in [1.165, 1.54) is 17.3 Å². The van der Waals surface area contributed by atoms with Crippen molar-refractivity contribution in [3.05, 3.63) is 57.5 Å². The first kappa shape index (κ1) is 23.4. The Morgan fingerprint density at radius 2 is 1.94 bits per heavy atom. The molecule has 1 saturated heterocycles.